The highest BCUT2D eigenvalue weighted by Crippen LogP contribution is 2.29. The first-order valence-electron chi connectivity index (χ1n) is 11.7. The Kier molecular flexibility index (Phi) is 8.22. The molecular formula is C24H28ClN5O5S2. The van der Waals surface area contributed by atoms with Gasteiger partial charge in [-0.2, -0.15) is 0 Å². The molecular weight excluding hydrogens is 538 g/mol. The van der Waals surface area contributed by atoms with Crippen LogP contribution < -0.4 is 15.5 Å². The molecule has 4 rings (SSSR count). The number of anilines is 2. The number of nitrogens with one attached hydrogen (secondary N) is 2. The van der Waals surface area contributed by atoms with Crippen LogP contribution in [-0.4, -0.2) is 65.3 Å². The van der Waals surface area contributed by atoms with Crippen LogP contribution in [0.25, 0.3) is 11.3 Å². The maximum atomic E-state index is 12.4. The van der Waals surface area contributed by atoms with Crippen molar-refractivity contribution in [2.24, 2.45) is 0 Å². The SMILES string of the molecule is CC(C)S(=O)(=O)n1cc(C(=O)NCC(=O)Nc2nc(-c3cccc(N4CCC(O)CC4)c3)cs2)cc1Cl. The Balaban J connectivity index is 1.34. The van der Waals surface area contributed by atoms with Crippen molar-refractivity contribution >= 4 is 55.6 Å². The Hall–Kier alpha value is -2.93. The Morgan fingerprint density at radius 3 is 2.68 bits per heavy atom. The lowest BCUT2D eigenvalue weighted by Crippen LogP contribution is -2.35. The number of hydrogen-bond donors (Lipinski definition) is 3. The minimum atomic E-state index is -3.72. The van der Waals surface area contributed by atoms with E-state index < -0.39 is 27.1 Å². The molecule has 198 valence electrons. The number of piperidine rings is 1. The predicted octanol–water partition coefficient (Wildman–Crippen LogP) is 3.18. The van der Waals surface area contributed by atoms with Gasteiger partial charge in [-0.05, 0) is 44.9 Å². The summed E-state index contributed by atoms with van der Waals surface area (Å²) < 4.78 is 25.5. The Morgan fingerprint density at radius 2 is 1.97 bits per heavy atom. The van der Waals surface area contributed by atoms with Gasteiger partial charge in [0.1, 0.15) is 5.15 Å². The number of carbonyl (C=O) groups is 2. The molecule has 1 aliphatic rings. The molecule has 0 bridgehead atoms. The van der Waals surface area contributed by atoms with Gasteiger partial charge in [-0.3, -0.25) is 9.59 Å². The van der Waals surface area contributed by atoms with Gasteiger partial charge in [0.2, 0.25) is 15.9 Å². The van der Waals surface area contributed by atoms with Crippen LogP contribution in [0.4, 0.5) is 10.8 Å². The summed E-state index contributed by atoms with van der Waals surface area (Å²) in [6, 6.07) is 9.20. The molecule has 1 fully saturated rings. The molecule has 10 nitrogen and oxygen atoms in total. The van der Waals surface area contributed by atoms with Crippen LogP contribution in [0.2, 0.25) is 5.15 Å². The van der Waals surface area contributed by atoms with E-state index in [1.807, 2.05) is 29.6 Å². The van der Waals surface area contributed by atoms with E-state index >= 15 is 0 Å². The van der Waals surface area contributed by atoms with Crippen molar-refractivity contribution in [3.63, 3.8) is 0 Å². The van der Waals surface area contributed by atoms with E-state index in [-0.39, 0.29) is 23.4 Å². The summed E-state index contributed by atoms with van der Waals surface area (Å²) in [7, 11) is -3.72. The monoisotopic (exact) mass is 565 g/mol. The van der Waals surface area contributed by atoms with Crippen molar-refractivity contribution < 1.29 is 23.1 Å². The lowest BCUT2D eigenvalue weighted by molar-refractivity contribution is -0.115. The zero-order chi connectivity index (χ0) is 26.7. The second-order valence-electron chi connectivity index (χ2n) is 8.98. The number of aliphatic hydroxyl groups is 1. The Morgan fingerprint density at radius 1 is 1.24 bits per heavy atom. The number of thiazole rings is 1. The van der Waals surface area contributed by atoms with Crippen molar-refractivity contribution in [2.45, 2.75) is 38.0 Å². The Labute approximate surface area is 224 Å². The van der Waals surface area contributed by atoms with Gasteiger partial charge in [0.05, 0.1) is 29.2 Å². The second kappa shape index (κ2) is 11.2. The van der Waals surface area contributed by atoms with Gasteiger partial charge in [0, 0.05) is 35.9 Å². The van der Waals surface area contributed by atoms with Crippen molar-refractivity contribution in [1.29, 1.82) is 0 Å². The molecule has 3 heterocycles. The summed E-state index contributed by atoms with van der Waals surface area (Å²) >= 11 is 7.27. The molecule has 0 unspecified atom stereocenters. The van der Waals surface area contributed by atoms with Gasteiger partial charge in [-0.25, -0.2) is 17.4 Å². The summed E-state index contributed by atoms with van der Waals surface area (Å²) in [6.07, 6.45) is 2.37. The van der Waals surface area contributed by atoms with Crippen LogP contribution in [0.5, 0.6) is 0 Å². The molecule has 2 aromatic heterocycles. The molecule has 2 amide bonds. The molecule has 0 radical (unpaired) electrons. The summed E-state index contributed by atoms with van der Waals surface area (Å²) in [5.41, 5.74) is 2.71. The van der Waals surface area contributed by atoms with Crippen LogP contribution in [0, 0.1) is 0 Å². The molecule has 1 aromatic carbocycles. The normalized spacial score (nSPS) is 14.7. The van der Waals surface area contributed by atoms with Gasteiger partial charge < -0.3 is 20.6 Å². The van der Waals surface area contributed by atoms with Crippen LogP contribution in [-0.2, 0) is 14.8 Å². The van der Waals surface area contributed by atoms with Crippen molar-refractivity contribution in [2.75, 3.05) is 29.9 Å². The standard InChI is InChI=1S/C24H28ClN5O5S2/c1-15(2)37(34,35)30-13-17(11-21(30)25)23(33)26-12-22(32)28-24-27-20(14-36-24)16-4-3-5-18(10-16)29-8-6-19(31)7-9-29/h3-5,10-11,13-15,19,31H,6-9,12H2,1-2H3,(H,26,33)(H,27,28,32). The number of amides is 2. The maximum Gasteiger partial charge on any atom is 0.253 e. The van der Waals surface area contributed by atoms with Gasteiger partial charge >= 0.3 is 0 Å². The fourth-order valence-electron chi connectivity index (χ4n) is 3.84. The van der Waals surface area contributed by atoms with Crippen LogP contribution in [0.1, 0.15) is 37.0 Å². The number of aromatic nitrogens is 2. The lowest BCUT2D eigenvalue weighted by atomic mass is 10.1. The summed E-state index contributed by atoms with van der Waals surface area (Å²) in [5.74, 6) is -1.10. The zero-order valence-electron chi connectivity index (χ0n) is 20.3. The van der Waals surface area contributed by atoms with E-state index in [4.69, 9.17) is 11.6 Å². The highest BCUT2D eigenvalue weighted by Gasteiger charge is 2.23. The highest BCUT2D eigenvalue weighted by atomic mass is 35.5. The first-order valence-corrected chi connectivity index (χ1v) is 14.5. The molecule has 1 aliphatic heterocycles. The average Bonchev–Trinajstić information content (AvgIpc) is 3.50. The number of halogens is 1. The topological polar surface area (TPSA) is 134 Å². The minimum Gasteiger partial charge on any atom is -0.393 e. The van der Waals surface area contributed by atoms with Gasteiger partial charge in [0.15, 0.2) is 5.13 Å². The third-order valence-corrected chi connectivity index (χ3v) is 9.20. The summed E-state index contributed by atoms with van der Waals surface area (Å²) in [4.78, 5) is 31.6. The molecule has 0 spiro atoms. The smallest absolute Gasteiger partial charge is 0.253 e. The number of benzene rings is 1. The number of nitrogens with zero attached hydrogens (tertiary/aromatic N) is 3. The Bertz CT molecular complexity index is 1390. The first kappa shape index (κ1) is 27.1. The number of hydrogen-bond acceptors (Lipinski definition) is 8. The molecule has 0 aliphatic carbocycles. The summed E-state index contributed by atoms with van der Waals surface area (Å²) in [5, 5.41) is 16.3. The molecule has 0 atom stereocenters. The molecule has 37 heavy (non-hydrogen) atoms. The van der Waals surface area contributed by atoms with E-state index in [0.717, 1.165) is 47.4 Å². The molecule has 3 aromatic rings. The highest BCUT2D eigenvalue weighted by molar-refractivity contribution is 7.90. The predicted molar refractivity (Wildman–Crippen MR) is 145 cm³/mol. The largest absolute Gasteiger partial charge is 0.393 e. The molecule has 1 saturated heterocycles. The molecule has 0 saturated carbocycles. The van der Waals surface area contributed by atoms with Crippen molar-refractivity contribution in [1.82, 2.24) is 14.3 Å². The van der Waals surface area contributed by atoms with Gasteiger partial charge in [-0.15, -0.1) is 11.3 Å². The quantitative estimate of drug-likeness (QED) is 0.382. The van der Waals surface area contributed by atoms with E-state index in [1.165, 1.54) is 31.3 Å². The van der Waals surface area contributed by atoms with Crippen molar-refractivity contribution in [3.05, 3.63) is 52.6 Å². The number of carbonyl (C=O) groups excluding carboxylic acids is 2. The van der Waals surface area contributed by atoms with E-state index in [1.54, 1.807) is 0 Å². The van der Waals surface area contributed by atoms with E-state index in [9.17, 15) is 23.1 Å². The third-order valence-electron chi connectivity index (χ3n) is 6.01. The van der Waals surface area contributed by atoms with Crippen LogP contribution >= 0.6 is 22.9 Å². The van der Waals surface area contributed by atoms with E-state index in [0.29, 0.717) is 10.8 Å². The minimum absolute atomic E-state index is 0.0293. The van der Waals surface area contributed by atoms with Gasteiger partial charge in [-0.1, -0.05) is 23.7 Å². The van der Waals surface area contributed by atoms with Gasteiger partial charge in [0.25, 0.3) is 5.91 Å². The maximum absolute atomic E-state index is 12.4. The number of aliphatic hydroxyl groups excluding tert-OH is 1. The van der Waals surface area contributed by atoms with Crippen LogP contribution in [0.3, 0.4) is 0 Å². The first-order chi connectivity index (χ1) is 17.5. The average molecular weight is 566 g/mol. The summed E-state index contributed by atoms with van der Waals surface area (Å²) in [6.45, 7) is 4.27. The third kappa shape index (κ3) is 6.32. The zero-order valence-corrected chi connectivity index (χ0v) is 22.7. The lowest BCUT2D eigenvalue weighted by Gasteiger charge is -2.31. The fourth-order valence-corrected chi connectivity index (χ4v) is 6.04. The fraction of sp³-hybridized carbons (Fsp3) is 0.375. The number of rotatable bonds is 8. The second-order valence-corrected chi connectivity index (χ2v) is 12.6. The molecule has 3 N–H and O–H groups in total. The molecule has 13 heteroatoms. The van der Waals surface area contributed by atoms with Crippen LogP contribution in [0.15, 0.2) is 41.9 Å². The van der Waals surface area contributed by atoms with Crippen molar-refractivity contribution in [3.8, 4) is 11.3 Å². The van der Waals surface area contributed by atoms with E-state index in [2.05, 4.69) is 20.5 Å².